The summed E-state index contributed by atoms with van der Waals surface area (Å²) < 4.78 is 5.88. The molecule has 0 atom stereocenters. The molecule has 1 aromatic carbocycles. The molecular formula is C15H25NO. The van der Waals surface area contributed by atoms with Gasteiger partial charge in [0.1, 0.15) is 12.4 Å². The molecule has 17 heavy (non-hydrogen) atoms. The van der Waals surface area contributed by atoms with E-state index in [-0.39, 0.29) is 5.54 Å². The fourth-order valence-electron chi connectivity index (χ4n) is 1.73. The van der Waals surface area contributed by atoms with E-state index >= 15 is 0 Å². The van der Waals surface area contributed by atoms with Crippen LogP contribution >= 0.6 is 0 Å². The highest BCUT2D eigenvalue weighted by Crippen LogP contribution is 2.25. The van der Waals surface area contributed by atoms with Gasteiger partial charge in [0.2, 0.25) is 0 Å². The number of hydrogen-bond donors (Lipinski definition) is 1. The van der Waals surface area contributed by atoms with Crippen LogP contribution in [0.5, 0.6) is 5.75 Å². The minimum atomic E-state index is 0.153. The predicted molar refractivity (Wildman–Crippen MR) is 73.9 cm³/mol. The summed E-state index contributed by atoms with van der Waals surface area (Å²) in [6.45, 7) is 14.4. The van der Waals surface area contributed by atoms with Crippen LogP contribution in [-0.4, -0.2) is 18.7 Å². The van der Waals surface area contributed by atoms with Gasteiger partial charge in [-0.2, -0.15) is 0 Å². The van der Waals surface area contributed by atoms with Gasteiger partial charge in [-0.1, -0.05) is 12.1 Å². The van der Waals surface area contributed by atoms with Gasteiger partial charge in [0.25, 0.3) is 0 Å². The van der Waals surface area contributed by atoms with Gasteiger partial charge in [0, 0.05) is 12.1 Å². The van der Waals surface area contributed by atoms with Crippen molar-refractivity contribution in [2.24, 2.45) is 0 Å². The zero-order valence-corrected chi connectivity index (χ0v) is 12.0. The summed E-state index contributed by atoms with van der Waals surface area (Å²) in [6.07, 6.45) is 0. The van der Waals surface area contributed by atoms with Crippen LogP contribution in [0.15, 0.2) is 12.1 Å². The van der Waals surface area contributed by atoms with Crippen molar-refractivity contribution in [3.05, 3.63) is 28.8 Å². The molecule has 0 saturated heterocycles. The lowest BCUT2D eigenvalue weighted by Crippen LogP contribution is -2.38. The fraction of sp³-hybridized carbons (Fsp3) is 0.600. The third kappa shape index (κ3) is 4.39. The molecule has 1 N–H and O–H groups in total. The minimum Gasteiger partial charge on any atom is -0.492 e. The third-order valence-electron chi connectivity index (χ3n) is 2.88. The van der Waals surface area contributed by atoms with E-state index in [0.717, 1.165) is 12.3 Å². The van der Waals surface area contributed by atoms with Gasteiger partial charge in [-0.15, -0.1) is 0 Å². The van der Waals surface area contributed by atoms with Gasteiger partial charge in [-0.25, -0.2) is 0 Å². The third-order valence-corrected chi connectivity index (χ3v) is 2.88. The van der Waals surface area contributed by atoms with Crippen LogP contribution in [0.4, 0.5) is 0 Å². The highest BCUT2D eigenvalue weighted by atomic mass is 16.5. The summed E-state index contributed by atoms with van der Waals surface area (Å²) in [4.78, 5) is 0. The summed E-state index contributed by atoms with van der Waals surface area (Å²) >= 11 is 0. The van der Waals surface area contributed by atoms with Crippen molar-refractivity contribution in [3.8, 4) is 5.75 Å². The van der Waals surface area contributed by atoms with Gasteiger partial charge < -0.3 is 10.1 Å². The lowest BCUT2D eigenvalue weighted by molar-refractivity contribution is 0.288. The lowest BCUT2D eigenvalue weighted by atomic mass is 10.1. The number of ether oxygens (including phenoxy) is 1. The Bertz CT molecular complexity index is 377. The molecule has 0 bridgehead atoms. The van der Waals surface area contributed by atoms with E-state index in [1.54, 1.807) is 0 Å². The largest absolute Gasteiger partial charge is 0.492 e. The van der Waals surface area contributed by atoms with Crippen molar-refractivity contribution in [2.75, 3.05) is 13.2 Å². The first-order valence-corrected chi connectivity index (χ1v) is 6.26. The average Bonchev–Trinajstić information content (AvgIpc) is 2.21. The minimum absolute atomic E-state index is 0.153. The second kappa shape index (κ2) is 5.54. The highest BCUT2D eigenvalue weighted by molar-refractivity contribution is 5.44. The normalized spacial score (nSPS) is 11.6. The smallest absolute Gasteiger partial charge is 0.125 e. The van der Waals surface area contributed by atoms with E-state index in [1.165, 1.54) is 16.7 Å². The molecule has 2 nitrogen and oxygen atoms in total. The van der Waals surface area contributed by atoms with Gasteiger partial charge in [-0.3, -0.25) is 0 Å². The van der Waals surface area contributed by atoms with Crippen LogP contribution in [0, 0.1) is 20.8 Å². The number of aryl methyl sites for hydroxylation is 2. The standard InChI is InChI=1S/C15H25NO/c1-11-7-8-12(2)14(13(11)3)17-10-9-16-15(4,5)6/h7-8,16H,9-10H2,1-6H3. The predicted octanol–water partition coefficient (Wildman–Crippen LogP) is 3.38. The van der Waals surface area contributed by atoms with E-state index < -0.39 is 0 Å². The topological polar surface area (TPSA) is 21.3 Å². The van der Waals surface area contributed by atoms with E-state index in [1.807, 2.05) is 0 Å². The second-order valence-corrected chi connectivity index (χ2v) is 5.68. The van der Waals surface area contributed by atoms with Crippen molar-refractivity contribution in [3.63, 3.8) is 0 Å². The maximum atomic E-state index is 5.88. The van der Waals surface area contributed by atoms with E-state index in [4.69, 9.17) is 4.74 Å². The van der Waals surface area contributed by atoms with Crippen LogP contribution in [0.2, 0.25) is 0 Å². The summed E-state index contributed by atoms with van der Waals surface area (Å²) in [5.74, 6) is 1.04. The molecule has 96 valence electrons. The zero-order chi connectivity index (χ0) is 13.1. The fourth-order valence-corrected chi connectivity index (χ4v) is 1.73. The Morgan fingerprint density at radius 3 is 2.24 bits per heavy atom. The number of hydrogen-bond acceptors (Lipinski definition) is 2. The summed E-state index contributed by atoms with van der Waals surface area (Å²) in [5, 5.41) is 3.42. The number of rotatable bonds is 4. The molecule has 0 heterocycles. The number of nitrogens with one attached hydrogen (secondary N) is 1. The molecule has 2 heteroatoms. The first-order chi connectivity index (χ1) is 7.81. The Morgan fingerprint density at radius 2 is 1.65 bits per heavy atom. The van der Waals surface area contributed by atoms with Crippen LogP contribution in [0.1, 0.15) is 37.5 Å². The SMILES string of the molecule is Cc1ccc(C)c(OCCNC(C)(C)C)c1C. The van der Waals surface area contributed by atoms with E-state index in [9.17, 15) is 0 Å². The molecule has 0 aromatic heterocycles. The van der Waals surface area contributed by atoms with Crippen molar-refractivity contribution in [2.45, 2.75) is 47.1 Å². The molecule has 0 amide bonds. The molecule has 0 unspecified atom stereocenters. The molecule has 0 aliphatic heterocycles. The Hall–Kier alpha value is -1.02. The molecule has 0 aliphatic rings. The van der Waals surface area contributed by atoms with Crippen LogP contribution in [0.3, 0.4) is 0 Å². The maximum Gasteiger partial charge on any atom is 0.125 e. The highest BCUT2D eigenvalue weighted by Gasteiger charge is 2.09. The molecule has 0 saturated carbocycles. The van der Waals surface area contributed by atoms with Crippen LogP contribution < -0.4 is 10.1 Å². The van der Waals surface area contributed by atoms with Crippen LogP contribution in [-0.2, 0) is 0 Å². The Morgan fingerprint density at radius 1 is 1.06 bits per heavy atom. The van der Waals surface area contributed by atoms with Gasteiger partial charge in [0.15, 0.2) is 0 Å². The van der Waals surface area contributed by atoms with Crippen molar-refractivity contribution in [1.82, 2.24) is 5.32 Å². The quantitative estimate of drug-likeness (QED) is 0.808. The molecule has 1 rings (SSSR count). The number of benzene rings is 1. The first kappa shape index (κ1) is 14.0. The van der Waals surface area contributed by atoms with Gasteiger partial charge in [-0.05, 0) is 58.2 Å². The van der Waals surface area contributed by atoms with Gasteiger partial charge in [0.05, 0.1) is 0 Å². The molecule has 0 fully saturated rings. The summed E-state index contributed by atoms with van der Waals surface area (Å²) in [7, 11) is 0. The molecule has 0 aliphatic carbocycles. The van der Waals surface area contributed by atoms with Gasteiger partial charge >= 0.3 is 0 Å². The summed E-state index contributed by atoms with van der Waals surface area (Å²) in [5.41, 5.74) is 3.90. The molecular weight excluding hydrogens is 210 g/mol. The average molecular weight is 235 g/mol. The van der Waals surface area contributed by atoms with E-state index in [0.29, 0.717) is 6.61 Å². The zero-order valence-electron chi connectivity index (χ0n) is 12.0. The monoisotopic (exact) mass is 235 g/mol. The molecule has 1 aromatic rings. The Kier molecular flexibility index (Phi) is 4.58. The Balaban J connectivity index is 2.55. The van der Waals surface area contributed by atoms with E-state index in [2.05, 4.69) is 59.0 Å². The van der Waals surface area contributed by atoms with Crippen LogP contribution in [0.25, 0.3) is 0 Å². The second-order valence-electron chi connectivity index (χ2n) is 5.68. The Labute approximate surface area is 105 Å². The van der Waals surface area contributed by atoms with Crippen molar-refractivity contribution < 1.29 is 4.74 Å². The van der Waals surface area contributed by atoms with Crippen molar-refractivity contribution >= 4 is 0 Å². The summed E-state index contributed by atoms with van der Waals surface area (Å²) in [6, 6.07) is 4.26. The lowest BCUT2D eigenvalue weighted by Gasteiger charge is -2.21. The van der Waals surface area contributed by atoms with Crippen molar-refractivity contribution in [1.29, 1.82) is 0 Å². The molecule has 0 radical (unpaired) electrons. The first-order valence-electron chi connectivity index (χ1n) is 6.26. The maximum absolute atomic E-state index is 5.88. The molecule has 0 spiro atoms.